The maximum Gasteiger partial charge on any atom is 0.172 e. The summed E-state index contributed by atoms with van der Waals surface area (Å²) >= 11 is 3.46. The van der Waals surface area contributed by atoms with Gasteiger partial charge in [0.15, 0.2) is 5.84 Å². The van der Waals surface area contributed by atoms with Crippen LogP contribution in [-0.2, 0) is 0 Å². The molecule has 0 aromatic heterocycles. The normalized spacial score (nSPS) is 19.1. The molecule has 3 N–H and O–H groups in total. The van der Waals surface area contributed by atoms with Gasteiger partial charge in [0.1, 0.15) is 0 Å². The number of amidine groups is 1. The molecule has 2 saturated carbocycles. The van der Waals surface area contributed by atoms with E-state index in [9.17, 15) is 0 Å². The lowest BCUT2D eigenvalue weighted by Crippen LogP contribution is -2.30. The van der Waals surface area contributed by atoms with Gasteiger partial charge in [0.05, 0.1) is 0 Å². The molecular weight excluding hydrogens is 318 g/mol. The lowest BCUT2D eigenvalue weighted by molar-refractivity contribution is 0.318. The molecule has 0 heterocycles. The van der Waals surface area contributed by atoms with E-state index in [4.69, 9.17) is 10.9 Å². The van der Waals surface area contributed by atoms with Crippen LogP contribution in [-0.4, -0.2) is 24.1 Å². The molecule has 4 nitrogen and oxygen atoms in total. The zero-order chi connectivity index (χ0) is 14.1. The quantitative estimate of drug-likeness (QED) is 0.362. The van der Waals surface area contributed by atoms with E-state index in [1.165, 1.54) is 25.7 Å². The Bertz CT molecular complexity index is 510. The van der Waals surface area contributed by atoms with Gasteiger partial charge in [-0.2, -0.15) is 0 Å². The Kier molecular flexibility index (Phi) is 3.87. The Morgan fingerprint density at radius 3 is 2.35 bits per heavy atom. The third-order valence-corrected chi connectivity index (χ3v) is 4.53. The first-order valence-electron chi connectivity index (χ1n) is 7.19. The predicted molar refractivity (Wildman–Crippen MR) is 84.3 cm³/mol. The number of hydrogen-bond donors (Lipinski definition) is 2. The van der Waals surface area contributed by atoms with Crippen LogP contribution in [0.2, 0.25) is 0 Å². The van der Waals surface area contributed by atoms with E-state index in [0.717, 1.165) is 40.6 Å². The molecule has 2 fully saturated rings. The number of nitrogens with two attached hydrogens (primary N) is 1. The molecule has 0 bridgehead atoms. The summed E-state index contributed by atoms with van der Waals surface area (Å²) in [5.41, 5.74) is 7.74. The van der Waals surface area contributed by atoms with Gasteiger partial charge in [-0.15, -0.1) is 0 Å². The van der Waals surface area contributed by atoms with Gasteiger partial charge < -0.3 is 15.8 Å². The predicted octanol–water partition coefficient (Wildman–Crippen LogP) is 3.17. The number of nitrogens with zero attached hydrogens (tertiary/aromatic N) is 2. The summed E-state index contributed by atoms with van der Waals surface area (Å²) in [6, 6.07) is 6.02. The minimum atomic E-state index is 0.179. The molecular formula is C15H20BrN3O. The lowest BCUT2D eigenvalue weighted by atomic mass is 10.1. The van der Waals surface area contributed by atoms with Crippen molar-refractivity contribution in [1.82, 2.24) is 0 Å². The van der Waals surface area contributed by atoms with Crippen LogP contribution in [0.4, 0.5) is 5.69 Å². The van der Waals surface area contributed by atoms with Crippen LogP contribution in [0.15, 0.2) is 27.8 Å². The SMILES string of the molecule is N/C(=N/O)c1cc(Br)ccc1N(CC1CC1)CC1CC1. The zero-order valence-electron chi connectivity index (χ0n) is 11.4. The topological polar surface area (TPSA) is 61.9 Å². The first-order valence-corrected chi connectivity index (χ1v) is 7.99. The molecule has 0 atom stereocenters. The Hall–Kier alpha value is -1.23. The van der Waals surface area contributed by atoms with Crippen LogP contribution in [0.5, 0.6) is 0 Å². The van der Waals surface area contributed by atoms with Gasteiger partial charge in [0, 0.05) is 28.8 Å². The number of hydrogen-bond acceptors (Lipinski definition) is 3. The molecule has 3 rings (SSSR count). The minimum Gasteiger partial charge on any atom is -0.409 e. The molecule has 5 heteroatoms. The first kappa shape index (κ1) is 13.7. The van der Waals surface area contributed by atoms with E-state index in [1.54, 1.807) is 0 Å². The third-order valence-electron chi connectivity index (χ3n) is 4.03. The van der Waals surface area contributed by atoms with Gasteiger partial charge in [-0.25, -0.2) is 0 Å². The van der Waals surface area contributed by atoms with Crippen molar-refractivity contribution in [2.45, 2.75) is 25.7 Å². The van der Waals surface area contributed by atoms with E-state index in [1.807, 2.05) is 12.1 Å². The van der Waals surface area contributed by atoms with Gasteiger partial charge in [0.2, 0.25) is 0 Å². The van der Waals surface area contributed by atoms with Crippen LogP contribution < -0.4 is 10.6 Å². The van der Waals surface area contributed by atoms with Crippen molar-refractivity contribution in [3.63, 3.8) is 0 Å². The fourth-order valence-corrected chi connectivity index (χ4v) is 2.90. The smallest absolute Gasteiger partial charge is 0.172 e. The van der Waals surface area contributed by atoms with Crippen molar-refractivity contribution < 1.29 is 5.21 Å². The molecule has 2 aliphatic rings. The van der Waals surface area contributed by atoms with Crippen molar-refractivity contribution in [2.24, 2.45) is 22.7 Å². The zero-order valence-corrected chi connectivity index (χ0v) is 13.0. The van der Waals surface area contributed by atoms with Crippen molar-refractivity contribution in [3.05, 3.63) is 28.2 Å². The second kappa shape index (κ2) is 5.64. The molecule has 0 aliphatic heterocycles. The summed E-state index contributed by atoms with van der Waals surface area (Å²) < 4.78 is 0.945. The maximum atomic E-state index is 9.00. The Balaban J connectivity index is 1.90. The monoisotopic (exact) mass is 337 g/mol. The Morgan fingerprint density at radius 2 is 1.85 bits per heavy atom. The molecule has 1 aromatic carbocycles. The summed E-state index contributed by atoms with van der Waals surface area (Å²) in [5.74, 6) is 1.81. The average molecular weight is 338 g/mol. The fraction of sp³-hybridized carbons (Fsp3) is 0.533. The summed E-state index contributed by atoms with van der Waals surface area (Å²) in [6.45, 7) is 2.17. The van der Waals surface area contributed by atoms with Gasteiger partial charge in [-0.3, -0.25) is 0 Å². The van der Waals surface area contributed by atoms with Crippen molar-refractivity contribution in [3.8, 4) is 0 Å². The highest BCUT2D eigenvalue weighted by Crippen LogP contribution is 2.37. The van der Waals surface area contributed by atoms with Crippen LogP contribution >= 0.6 is 15.9 Å². The summed E-state index contributed by atoms with van der Waals surface area (Å²) in [5, 5.41) is 12.2. The van der Waals surface area contributed by atoms with E-state index < -0.39 is 0 Å². The van der Waals surface area contributed by atoms with E-state index in [-0.39, 0.29) is 5.84 Å². The van der Waals surface area contributed by atoms with Gasteiger partial charge in [-0.05, 0) is 55.7 Å². The van der Waals surface area contributed by atoms with Crippen molar-refractivity contribution >= 4 is 27.5 Å². The van der Waals surface area contributed by atoms with Crippen molar-refractivity contribution in [2.75, 3.05) is 18.0 Å². The Morgan fingerprint density at radius 1 is 1.25 bits per heavy atom. The highest BCUT2D eigenvalue weighted by molar-refractivity contribution is 9.10. The highest BCUT2D eigenvalue weighted by Gasteiger charge is 2.30. The van der Waals surface area contributed by atoms with Gasteiger partial charge in [-0.1, -0.05) is 21.1 Å². The van der Waals surface area contributed by atoms with Crippen LogP contribution in [0, 0.1) is 11.8 Å². The Labute approximate surface area is 127 Å². The van der Waals surface area contributed by atoms with Gasteiger partial charge >= 0.3 is 0 Å². The number of oxime groups is 1. The summed E-state index contributed by atoms with van der Waals surface area (Å²) in [4.78, 5) is 2.43. The molecule has 0 saturated heterocycles. The molecule has 0 radical (unpaired) electrons. The highest BCUT2D eigenvalue weighted by atomic mass is 79.9. The lowest BCUT2D eigenvalue weighted by Gasteiger charge is -2.27. The van der Waals surface area contributed by atoms with E-state index in [2.05, 4.69) is 32.1 Å². The third kappa shape index (κ3) is 3.26. The molecule has 108 valence electrons. The van der Waals surface area contributed by atoms with Crippen molar-refractivity contribution in [1.29, 1.82) is 0 Å². The molecule has 0 unspecified atom stereocenters. The molecule has 0 spiro atoms. The number of anilines is 1. The largest absolute Gasteiger partial charge is 0.409 e. The van der Waals surface area contributed by atoms with Crippen LogP contribution in [0.25, 0.3) is 0 Å². The average Bonchev–Trinajstić information content (AvgIpc) is 3.32. The number of halogens is 1. The molecule has 20 heavy (non-hydrogen) atoms. The minimum absolute atomic E-state index is 0.179. The molecule has 2 aliphatic carbocycles. The second-order valence-electron chi connectivity index (χ2n) is 5.94. The van der Waals surface area contributed by atoms with E-state index >= 15 is 0 Å². The van der Waals surface area contributed by atoms with Crippen LogP contribution in [0.1, 0.15) is 31.2 Å². The van der Waals surface area contributed by atoms with Gasteiger partial charge in [0.25, 0.3) is 0 Å². The molecule has 0 amide bonds. The fourth-order valence-electron chi connectivity index (χ4n) is 2.54. The first-order chi connectivity index (χ1) is 9.67. The second-order valence-corrected chi connectivity index (χ2v) is 6.85. The standard InChI is InChI=1S/C15H20BrN3O/c16-12-5-6-14(13(7-12)15(17)18-20)19(8-10-1-2-10)9-11-3-4-11/h5-7,10-11,20H,1-4,8-9H2,(H2,17,18). The molecule has 1 aromatic rings. The maximum absolute atomic E-state index is 9.00. The van der Waals surface area contributed by atoms with E-state index in [0.29, 0.717) is 0 Å². The summed E-state index contributed by atoms with van der Waals surface area (Å²) in [6.07, 6.45) is 5.32. The summed E-state index contributed by atoms with van der Waals surface area (Å²) in [7, 11) is 0. The van der Waals surface area contributed by atoms with Crippen LogP contribution in [0.3, 0.4) is 0 Å². The number of rotatable bonds is 6. The number of benzene rings is 1.